The Morgan fingerprint density at radius 1 is 1.08 bits per heavy atom. The number of carbonyl (C=O) groups excluding carboxylic acids is 2. The molecular weight excluding hydrogens is 324 g/mol. The molecule has 1 N–H and O–H groups in total. The molecule has 1 fully saturated rings. The van der Waals surface area contributed by atoms with Crippen LogP contribution in [0.2, 0.25) is 0 Å². The van der Waals surface area contributed by atoms with Crippen LogP contribution in [0.15, 0.2) is 36.7 Å². The Morgan fingerprint density at radius 3 is 2.32 bits per heavy atom. The van der Waals surface area contributed by atoms with Crippen LogP contribution in [0.4, 0.5) is 11.6 Å². The van der Waals surface area contributed by atoms with Gasteiger partial charge in [0.2, 0.25) is 5.95 Å². The van der Waals surface area contributed by atoms with E-state index in [2.05, 4.69) is 20.0 Å². The highest BCUT2D eigenvalue weighted by Crippen LogP contribution is 2.15. The molecule has 0 unspecified atom stereocenters. The first-order chi connectivity index (χ1) is 12.2. The Kier molecular flexibility index (Phi) is 5.20. The molecule has 0 saturated carbocycles. The lowest BCUT2D eigenvalue weighted by atomic mass is 10.2. The van der Waals surface area contributed by atoms with Crippen molar-refractivity contribution in [1.29, 1.82) is 0 Å². The van der Waals surface area contributed by atoms with E-state index in [0.29, 0.717) is 43.4 Å². The normalized spacial score (nSPS) is 14.0. The number of hydrogen-bond donors (Lipinski definition) is 1. The summed E-state index contributed by atoms with van der Waals surface area (Å²) in [7, 11) is 1.34. The van der Waals surface area contributed by atoms with Crippen molar-refractivity contribution in [1.82, 2.24) is 14.9 Å². The van der Waals surface area contributed by atoms with Crippen molar-refractivity contribution < 1.29 is 19.1 Å². The van der Waals surface area contributed by atoms with Crippen LogP contribution in [0.1, 0.15) is 20.7 Å². The number of ether oxygens (including phenoxy) is 2. The number of nitrogens with one attached hydrogen (secondary N) is 1. The molecule has 0 aliphatic carbocycles. The predicted molar refractivity (Wildman–Crippen MR) is 89.8 cm³/mol. The lowest BCUT2D eigenvalue weighted by Gasteiger charge is -2.26. The van der Waals surface area contributed by atoms with Crippen LogP contribution in [-0.2, 0) is 9.47 Å². The average molecular weight is 342 g/mol. The van der Waals surface area contributed by atoms with Gasteiger partial charge in [0.25, 0.3) is 5.91 Å². The van der Waals surface area contributed by atoms with Crippen LogP contribution < -0.4 is 5.32 Å². The van der Waals surface area contributed by atoms with Crippen molar-refractivity contribution in [3.8, 4) is 0 Å². The Hall–Kier alpha value is -3.00. The van der Waals surface area contributed by atoms with Gasteiger partial charge in [-0.15, -0.1) is 0 Å². The third-order valence-corrected chi connectivity index (χ3v) is 3.76. The molecule has 0 spiro atoms. The fraction of sp³-hybridized carbons (Fsp3) is 0.294. The van der Waals surface area contributed by atoms with Crippen molar-refractivity contribution in [3.05, 3.63) is 47.8 Å². The molecule has 1 saturated heterocycles. The van der Waals surface area contributed by atoms with E-state index in [0.717, 1.165) is 5.69 Å². The molecule has 1 aliphatic heterocycles. The summed E-state index contributed by atoms with van der Waals surface area (Å²) in [6, 6.07) is 6.74. The largest absolute Gasteiger partial charge is 0.465 e. The van der Waals surface area contributed by atoms with E-state index in [-0.39, 0.29) is 5.91 Å². The summed E-state index contributed by atoms with van der Waals surface area (Å²) in [5.74, 6) is -0.129. The van der Waals surface area contributed by atoms with Gasteiger partial charge in [0.15, 0.2) is 0 Å². The molecule has 2 aromatic rings. The van der Waals surface area contributed by atoms with Crippen molar-refractivity contribution in [2.75, 3.05) is 38.7 Å². The minimum atomic E-state index is -0.395. The molecule has 25 heavy (non-hydrogen) atoms. The molecule has 2 heterocycles. The van der Waals surface area contributed by atoms with Gasteiger partial charge in [-0.25, -0.2) is 14.8 Å². The topological polar surface area (TPSA) is 93.6 Å². The van der Waals surface area contributed by atoms with Crippen molar-refractivity contribution in [2.24, 2.45) is 0 Å². The standard InChI is InChI=1S/C17H18N4O4/c1-24-16(23)12-2-4-14(5-3-12)20-17-18-10-13(11-19-17)15(22)21-6-8-25-9-7-21/h2-5,10-11H,6-9H2,1H3,(H,18,19,20). The first kappa shape index (κ1) is 16.8. The van der Waals surface area contributed by atoms with Crippen LogP contribution in [0.5, 0.6) is 0 Å². The van der Waals surface area contributed by atoms with Gasteiger partial charge in [0, 0.05) is 31.2 Å². The highest BCUT2D eigenvalue weighted by Gasteiger charge is 2.19. The molecule has 8 heteroatoms. The number of esters is 1. The van der Waals surface area contributed by atoms with E-state index in [1.54, 1.807) is 29.2 Å². The van der Waals surface area contributed by atoms with Gasteiger partial charge >= 0.3 is 5.97 Å². The number of hydrogen-bond acceptors (Lipinski definition) is 7. The molecule has 0 atom stereocenters. The van der Waals surface area contributed by atoms with Gasteiger partial charge in [0.05, 0.1) is 31.5 Å². The minimum absolute atomic E-state index is 0.0997. The molecule has 3 rings (SSSR count). The second kappa shape index (κ2) is 7.71. The maximum atomic E-state index is 12.3. The van der Waals surface area contributed by atoms with E-state index in [9.17, 15) is 9.59 Å². The van der Waals surface area contributed by atoms with E-state index in [4.69, 9.17) is 4.74 Å². The summed E-state index contributed by atoms with van der Waals surface area (Å²) < 4.78 is 9.89. The second-order valence-corrected chi connectivity index (χ2v) is 5.39. The van der Waals surface area contributed by atoms with Crippen LogP contribution in [0.25, 0.3) is 0 Å². The van der Waals surface area contributed by atoms with Gasteiger partial charge in [-0.3, -0.25) is 4.79 Å². The number of anilines is 2. The quantitative estimate of drug-likeness (QED) is 0.841. The van der Waals surface area contributed by atoms with Crippen LogP contribution in [0, 0.1) is 0 Å². The minimum Gasteiger partial charge on any atom is -0.465 e. The summed E-state index contributed by atoms with van der Waals surface area (Å²) in [4.78, 5) is 33.8. The highest BCUT2D eigenvalue weighted by atomic mass is 16.5. The number of benzene rings is 1. The molecule has 1 aromatic heterocycles. The lowest BCUT2D eigenvalue weighted by molar-refractivity contribution is 0.0302. The van der Waals surface area contributed by atoms with Gasteiger partial charge in [0.1, 0.15) is 0 Å². The number of aromatic nitrogens is 2. The summed E-state index contributed by atoms with van der Waals surface area (Å²) in [5.41, 5.74) is 1.62. The van der Waals surface area contributed by atoms with Gasteiger partial charge in [-0.2, -0.15) is 0 Å². The lowest BCUT2D eigenvalue weighted by Crippen LogP contribution is -2.40. The van der Waals surface area contributed by atoms with Crippen molar-refractivity contribution >= 4 is 23.5 Å². The molecule has 1 aliphatic rings. The Balaban J connectivity index is 1.64. The molecule has 0 radical (unpaired) electrons. The van der Waals surface area contributed by atoms with Crippen LogP contribution in [0.3, 0.4) is 0 Å². The Bertz CT molecular complexity index is 740. The molecule has 130 valence electrons. The first-order valence-electron chi connectivity index (χ1n) is 7.82. The zero-order valence-corrected chi connectivity index (χ0v) is 13.8. The number of nitrogens with zero attached hydrogens (tertiary/aromatic N) is 3. The summed E-state index contributed by atoms with van der Waals surface area (Å²) in [6.07, 6.45) is 2.99. The van der Waals surface area contributed by atoms with Crippen molar-refractivity contribution in [3.63, 3.8) is 0 Å². The molecular formula is C17H18N4O4. The van der Waals surface area contributed by atoms with Crippen LogP contribution in [-0.4, -0.2) is 60.2 Å². The Morgan fingerprint density at radius 2 is 1.72 bits per heavy atom. The fourth-order valence-electron chi connectivity index (χ4n) is 2.39. The highest BCUT2D eigenvalue weighted by molar-refractivity contribution is 5.93. The second-order valence-electron chi connectivity index (χ2n) is 5.39. The monoisotopic (exact) mass is 342 g/mol. The predicted octanol–water partition coefficient (Wildman–Crippen LogP) is 1.48. The zero-order chi connectivity index (χ0) is 17.6. The summed E-state index contributed by atoms with van der Waals surface area (Å²) >= 11 is 0. The molecule has 1 aromatic carbocycles. The van der Waals surface area contributed by atoms with Gasteiger partial charge < -0.3 is 19.7 Å². The molecule has 8 nitrogen and oxygen atoms in total. The van der Waals surface area contributed by atoms with Crippen molar-refractivity contribution in [2.45, 2.75) is 0 Å². The molecule has 1 amide bonds. The number of carbonyl (C=O) groups is 2. The smallest absolute Gasteiger partial charge is 0.337 e. The van der Waals surface area contributed by atoms with E-state index < -0.39 is 5.97 Å². The SMILES string of the molecule is COC(=O)c1ccc(Nc2ncc(C(=O)N3CCOCC3)cn2)cc1. The van der Waals surface area contributed by atoms with E-state index in [1.165, 1.54) is 19.5 Å². The number of amides is 1. The number of morpholine rings is 1. The number of methoxy groups -OCH3 is 1. The molecule has 0 bridgehead atoms. The maximum absolute atomic E-state index is 12.3. The van der Waals surface area contributed by atoms with Gasteiger partial charge in [-0.05, 0) is 24.3 Å². The summed E-state index contributed by atoms with van der Waals surface area (Å²) in [5, 5.41) is 3.01. The maximum Gasteiger partial charge on any atom is 0.337 e. The third kappa shape index (κ3) is 4.10. The van der Waals surface area contributed by atoms with Crippen LogP contribution >= 0.6 is 0 Å². The zero-order valence-electron chi connectivity index (χ0n) is 13.8. The van der Waals surface area contributed by atoms with E-state index >= 15 is 0 Å². The van der Waals surface area contributed by atoms with E-state index in [1.807, 2.05) is 0 Å². The summed E-state index contributed by atoms with van der Waals surface area (Å²) in [6.45, 7) is 2.25. The Labute approximate surface area is 144 Å². The van der Waals surface area contributed by atoms with Gasteiger partial charge in [-0.1, -0.05) is 0 Å². The number of rotatable bonds is 4. The first-order valence-corrected chi connectivity index (χ1v) is 7.82. The third-order valence-electron chi connectivity index (χ3n) is 3.76. The fourth-order valence-corrected chi connectivity index (χ4v) is 2.39. The average Bonchev–Trinajstić information content (AvgIpc) is 2.68.